The van der Waals surface area contributed by atoms with Gasteiger partial charge in [0.2, 0.25) is 0 Å². The van der Waals surface area contributed by atoms with E-state index in [9.17, 15) is 13.9 Å². The van der Waals surface area contributed by atoms with Crippen molar-refractivity contribution in [3.8, 4) is 11.5 Å². The highest BCUT2D eigenvalue weighted by Crippen LogP contribution is 2.32. The minimum Gasteiger partial charge on any atom is -0.490 e. The molecule has 1 unspecified atom stereocenters. The third kappa shape index (κ3) is 4.19. The van der Waals surface area contributed by atoms with Gasteiger partial charge in [0.15, 0.2) is 11.5 Å². The molecule has 0 bridgehead atoms. The molecule has 0 aliphatic carbocycles. The number of hydrogen-bond donors (Lipinski definition) is 1. The molecule has 2 rings (SSSR count). The molecule has 1 N–H and O–H groups in total. The predicted octanol–water partition coefficient (Wildman–Crippen LogP) is 3.56. The van der Waals surface area contributed by atoms with Gasteiger partial charge in [-0.25, -0.2) is 0 Å². The fraction of sp³-hybridized carbons (Fsp3) is 0.333. The Bertz CT molecular complexity index is 555. The summed E-state index contributed by atoms with van der Waals surface area (Å²) in [5, 5.41) is 10.2. The summed E-state index contributed by atoms with van der Waals surface area (Å²) in [4.78, 5) is 0. The van der Waals surface area contributed by atoms with Gasteiger partial charge in [0.25, 0.3) is 0 Å². The van der Waals surface area contributed by atoms with Crippen LogP contribution in [0.5, 0.6) is 11.5 Å². The lowest BCUT2D eigenvalue weighted by Gasteiger charge is -2.15. The Morgan fingerprint density at radius 1 is 1.24 bits per heavy atom. The topological polar surface area (TPSA) is 51.8 Å². The maximum Gasteiger partial charge on any atom is 0.387 e. The summed E-state index contributed by atoms with van der Waals surface area (Å²) in [5.41, 5.74) is 0.538. The Kier molecular flexibility index (Phi) is 5.16. The van der Waals surface area contributed by atoms with E-state index in [1.807, 2.05) is 0 Å². The van der Waals surface area contributed by atoms with Crippen molar-refractivity contribution in [3.05, 3.63) is 47.9 Å². The average molecular weight is 298 g/mol. The van der Waals surface area contributed by atoms with Crippen molar-refractivity contribution >= 4 is 0 Å². The van der Waals surface area contributed by atoms with Crippen molar-refractivity contribution in [2.75, 3.05) is 6.61 Å². The molecule has 0 aliphatic heterocycles. The fourth-order valence-electron chi connectivity index (χ4n) is 1.93. The summed E-state index contributed by atoms with van der Waals surface area (Å²) >= 11 is 0. The number of halogens is 2. The van der Waals surface area contributed by atoms with Gasteiger partial charge >= 0.3 is 6.61 Å². The number of benzene rings is 1. The zero-order valence-electron chi connectivity index (χ0n) is 11.5. The normalized spacial score (nSPS) is 12.4. The number of aliphatic hydroxyl groups is 1. The van der Waals surface area contributed by atoms with Gasteiger partial charge in [-0.3, -0.25) is 0 Å². The number of hydrogen-bond acceptors (Lipinski definition) is 4. The van der Waals surface area contributed by atoms with Gasteiger partial charge in [-0.15, -0.1) is 0 Å². The molecule has 0 saturated carbocycles. The SMILES string of the molecule is CCOc1cc(C(O)Cc2ccco2)ccc1OC(F)F. The van der Waals surface area contributed by atoms with Crippen molar-refractivity contribution in [2.45, 2.75) is 26.1 Å². The van der Waals surface area contributed by atoms with E-state index in [0.29, 0.717) is 17.9 Å². The van der Waals surface area contributed by atoms with Crippen LogP contribution in [-0.4, -0.2) is 18.3 Å². The molecule has 21 heavy (non-hydrogen) atoms. The molecule has 0 saturated heterocycles. The maximum atomic E-state index is 12.3. The summed E-state index contributed by atoms with van der Waals surface area (Å²) in [6.45, 7) is -0.891. The van der Waals surface area contributed by atoms with E-state index in [-0.39, 0.29) is 17.9 Å². The second-order valence-corrected chi connectivity index (χ2v) is 4.32. The molecule has 6 heteroatoms. The molecule has 0 aliphatic rings. The molecule has 0 spiro atoms. The summed E-state index contributed by atoms with van der Waals surface area (Å²) in [6, 6.07) is 7.86. The van der Waals surface area contributed by atoms with Crippen LogP contribution in [0.4, 0.5) is 8.78 Å². The van der Waals surface area contributed by atoms with Crippen LogP contribution in [0.3, 0.4) is 0 Å². The van der Waals surface area contributed by atoms with Gasteiger partial charge in [-0.05, 0) is 36.8 Å². The first-order chi connectivity index (χ1) is 10.1. The standard InChI is InChI=1S/C15H16F2O4/c1-2-19-14-8-10(5-6-13(14)21-15(16)17)12(18)9-11-4-3-7-20-11/h3-8,12,15,18H,2,9H2,1H3. The second kappa shape index (κ2) is 7.08. The first-order valence-corrected chi connectivity index (χ1v) is 6.52. The van der Waals surface area contributed by atoms with E-state index >= 15 is 0 Å². The number of ether oxygens (including phenoxy) is 2. The van der Waals surface area contributed by atoms with E-state index in [4.69, 9.17) is 9.15 Å². The maximum absolute atomic E-state index is 12.3. The fourth-order valence-corrected chi connectivity index (χ4v) is 1.93. The smallest absolute Gasteiger partial charge is 0.387 e. The van der Waals surface area contributed by atoms with Gasteiger partial charge in [0.1, 0.15) is 5.76 Å². The molecule has 114 valence electrons. The molecule has 1 aromatic carbocycles. The molecule has 0 fully saturated rings. The van der Waals surface area contributed by atoms with Gasteiger partial charge in [0, 0.05) is 6.42 Å². The summed E-state index contributed by atoms with van der Waals surface area (Å²) in [5.74, 6) is 0.753. The molecule has 1 aromatic heterocycles. The van der Waals surface area contributed by atoms with Crippen molar-refractivity contribution in [2.24, 2.45) is 0 Å². The van der Waals surface area contributed by atoms with E-state index < -0.39 is 12.7 Å². The van der Waals surface area contributed by atoms with E-state index in [0.717, 1.165) is 0 Å². The van der Waals surface area contributed by atoms with E-state index in [1.54, 1.807) is 19.1 Å². The minimum absolute atomic E-state index is 0.0548. The Balaban J connectivity index is 2.17. The quantitative estimate of drug-likeness (QED) is 0.849. The number of rotatable bonds is 7. The van der Waals surface area contributed by atoms with Crippen LogP contribution in [-0.2, 0) is 6.42 Å². The first kappa shape index (κ1) is 15.3. The van der Waals surface area contributed by atoms with Crippen molar-refractivity contribution in [1.82, 2.24) is 0 Å². The third-order valence-electron chi connectivity index (χ3n) is 2.84. The van der Waals surface area contributed by atoms with Crippen LogP contribution in [0.15, 0.2) is 41.0 Å². The van der Waals surface area contributed by atoms with Gasteiger partial charge < -0.3 is 19.0 Å². The molecule has 4 nitrogen and oxygen atoms in total. The summed E-state index contributed by atoms with van der Waals surface area (Å²) in [6.07, 6.45) is 0.983. The van der Waals surface area contributed by atoms with Crippen LogP contribution in [0.2, 0.25) is 0 Å². The second-order valence-electron chi connectivity index (χ2n) is 4.32. The lowest BCUT2D eigenvalue weighted by atomic mass is 10.0. The molecule has 0 radical (unpaired) electrons. The Labute approximate surface area is 120 Å². The average Bonchev–Trinajstić information content (AvgIpc) is 2.93. The number of furan rings is 1. The highest BCUT2D eigenvalue weighted by atomic mass is 19.3. The lowest BCUT2D eigenvalue weighted by Crippen LogP contribution is -2.06. The van der Waals surface area contributed by atoms with Crippen LogP contribution >= 0.6 is 0 Å². The molecule has 2 aromatic rings. The predicted molar refractivity (Wildman–Crippen MR) is 71.6 cm³/mol. The van der Waals surface area contributed by atoms with Crippen molar-refractivity contribution < 1.29 is 27.8 Å². The molecular formula is C15H16F2O4. The molecular weight excluding hydrogens is 282 g/mol. The van der Waals surface area contributed by atoms with Crippen LogP contribution in [0, 0.1) is 0 Å². The van der Waals surface area contributed by atoms with E-state index in [1.165, 1.54) is 24.5 Å². The molecule has 1 atom stereocenters. The Hall–Kier alpha value is -2.08. The zero-order chi connectivity index (χ0) is 15.2. The van der Waals surface area contributed by atoms with Crippen LogP contribution in [0.25, 0.3) is 0 Å². The Morgan fingerprint density at radius 3 is 2.67 bits per heavy atom. The van der Waals surface area contributed by atoms with Gasteiger partial charge in [-0.2, -0.15) is 8.78 Å². The molecule has 1 heterocycles. The summed E-state index contributed by atoms with van der Waals surface area (Å²) in [7, 11) is 0. The van der Waals surface area contributed by atoms with Crippen LogP contribution < -0.4 is 9.47 Å². The van der Waals surface area contributed by atoms with Crippen molar-refractivity contribution in [1.29, 1.82) is 0 Å². The number of alkyl halides is 2. The minimum atomic E-state index is -2.93. The Morgan fingerprint density at radius 2 is 2.05 bits per heavy atom. The highest BCUT2D eigenvalue weighted by Gasteiger charge is 2.16. The third-order valence-corrected chi connectivity index (χ3v) is 2.84. The van der Waals surface area contributed by atoms with Gasteiger partial charge in [0.05, 0.1) is 19.0 Å². The van der Waals surface area contributed by atoms with Crippen molar-refractivity contribution in [3.63, 3.8) is 0 Å². The summed E-state index contributed by atoms with van der Waals surface area (Å²) < 4.78 is 39.4. The zero-order valence-corrected chi connectivity index (χ0v) is 11.5. The first-order valence-electron chi connectivity index (χ1n) is 6.52. The molecule has 0 amide bonds. The highest BCUT2D eigenvalue weighted by molar-refractivity contribution is 5.43. The number of aliphatic hydroxyl groups excluding tert-OH is 1. The lowest BCUT2D eigenvalue weighted by molar-refractivity contribution is -0.0514. The van der Waals surface area contributed by atoms with Gasteiger partial charge in [-0.1, -0.05) is 6.07 Å². The largest absolute Gasteiger partial charge is 0.490 e. The van der Waals surface area contributed by atoms with E-state index in [2.05, 4.69) is 4.74 Å². The monoisotopic (exact) mass is 298 g/mol. The van der Waals surface area contributed by atoms with Crippen LogP contribution in [0.1, 0.15) is 24.4 Å².